The average Bonchev–Trinajstić information content (AvgIpc) is 3.39. The van der Waals surface area contributed by atoms with Crippen molar-refractivity contribution in [2.24, 2.45) is 4.99 Å². The van der Waals surface area contributed by atoms with Gasteiger partial charge in [0.1, 0.15) is 6.10 Å². The number of aliphatic imine (C=N–C) groups is 1. The van der Waals surface area contributed by atoms with Crippen molar-refractivity contribution in [3.63, 3.8) is 0 Å². The summed E-state index contributed by atoms with van der Waals surface area (Å²) in [6.45, 7) is 5.47. The van der Waals surface area contributed by atoms with Gasteiger partial charge < -0.3 is 19.5 Å². The lowest BCUT2D eigenvalue weighted by molar-refractivity contribution is 0.0683. The molecule has 0 aliphatic carbocycles. The van der Waals surface area contributed by atoms with Crippen LogP contribution < -0.4 is 5.32 Å². The van der Waals surface area contributed by atoms with Crippen LogP contribution in [0.25, 0.3) is 5.69 Å². The Balaban J connectivity index is 0.00000320. The highest BCUT2D eigenvalue weighted by Gasteiger charge is 2.15. The lowest BCUT2D eigenvalue weighted by Crippen LogP contribution is -2.38. The molecule has 0 aliphatic heterocycles. The van der Waals surface area contributed by atoms with Gasteiger partial charge in [0.15, 0.2) is 11.8 Å². The first-order valence-corrected chi connectivity index (χ1v) is 9.55. The fraction of sp³-hybridized carbons (Fsp3) is 0.400. The molecule has 0 aliphatic rings. The van der Waals surface area contributed by atoms with E-state index in [9.17, 15) is 0 Å². The molecule has 10 heteroatoms. The molecule has 3 rings (SSSR count). The van der Waals surface area contributed by atoms with Crippen LogP contribution in [0.15, 0.2) is 52.2 Å². The number of nitrogens with zero attached hydrogens (tertiary/aromatic N) is 6. The van der Waals surface area contributed by atoms with Crippen molar-refractivity contribution in [2.75, 3.05) is 20.7 Å². The van der Waals surface area contributed by atoms with E-state index in [0.717, 1.165) is 17.2 Å². The number of benzene rings is 1. The van der Waals surface area contributed by atoms with Crippen LogP contribution >= 0.6 is 24.0 Å². The standard InChI is InChI=1S/C20H27N7O2.HI/c1-5-28-15(2)19-24-18(29-25-19)12-22-20(21-3)26(4)13-16-11-23-27(14-16)17-9-7-6-8-10-17;/h6-11,14-15H,5,12-13H2,1-4H3,(H,21,22);1H. The predicted octanol–water partition coefficient (Wildman–Crippen LogP) is 3.18. The number of guanidine groups is 1. The maximum Gasteiger partial charge on any atom is 0.246 e. The number of para-hydroxylation sites is 1. The fourth-order valence-corrected chi connectivity index (χ4v) is 2.88. The number of hydrogen-bond acceptors (Lipinski definition) is 6. The van der Waals surface area contributed by atoms with Crippen LogP contribution in [-0.4, -0.2) is 51.5 Å². The highest BCUT2D eigenvalue weighted by Crippen LogP contribution is 2.13. The third kappa shape index (κ3) is 6.26. The van der Waals surface area contributed by atoms with Gasteiger partial charge in [0.2, 0.25) is 5.89 Å². The average molecular weight is 525 g/mol. The minimum Gasteiger partial charge on any atom is -0.371 e. The van der Waals surface area contributed by atoms with Gasteiger partial charge in [-0.25, -0.2) is 4.68 Å². The van der Waals surface area contributed by atoms with E-state index < -0.39 is 0 Å². The van der Waals surface area contributed by atoms with Crippen LogP contribution in [0.3, 0.4) is 0 Å². The smallest absolute Gasteiger partial charge is 0.246 e. The Morgan fingerprint density at radius 2 is 2.10 bits per heavy atom. The predicted molar refractivity (Wildman–Crippen MR) is 125 cm³/mol. The van der Waals surface area contributed by atoms with Gasteiger partial charge in [0.05, 0.1) is 18.4 Å². The lowest BCUT2D eigenvalue weighted by Gasteiger charge is -2.20. The highest BCUT2D eigenvalue weighted by molar-refractivity contribution is 14.0. The summed E-state index contributed by atoms with van der Waals surface area (Å²) in [6.07, 6.45) is 3.68. The lowest BCUT2D eigenvalue weighted by atomic mass is 10.3. The maximum atomic E-state index is 5.48. The summed E-state index contributed by atoms with van der Waals surface area (Å²) in [5, 5.41) is 11.6. The van der Waals surface area contributed by atoms with Crippen molar-refractivity contribution >= 4 is 29.9 Å². The molecule has 0 bridgehead atoms. The van der Waals surface area contributed by atoms with Crippen molar-refractivity contribution in [1.29, 1.82) is 0 Å². The summed E-state index contributed by atoms with van der Waals surface area (Å²) in [4.78, 5) is 10.7. The Morgan fingerprint density at radius 1 is 1.33 bits per heavy atom. The van der Waals surface area contributed by atoms with E-state index in [1.165, 1.54) is 0 Å². The summed E-state index contributed by atoms with van der Waals surface area (Å²) in [5.41, 5.74) is 2.10. The van der Waals surface area contributed by atoms with Crippen LogP contribution in [-0.2, 0) is 17.8 Å². The van der Waals surface area contributed by atoms with Gasteiger partial charge in [-0.15, -0.1) is 24.0 Å². The molecule has 3 aromatic rings. The minimum absolute atomic E-state index is 0. The van der Waals surface area contributed by atoms with Crippen LogP contribution in [0.5, 0.6) is 0 Å². The Labute approximate surface area is 193 Å². The Morgan fingerprint density at radius 3 is 2.80 bits per heavy atom. The second kappa shape index (κ2) is 11.6. The monoisotopic (exact) mass is 525 g/mol. The number of hydrogen-bond donors (Lipinski definition) is 1. The van der Waals surface area contributed by atoms with Gasteiger partial charge >= 0.3 is 0 Å². The molecular weight excluding hydrogens is 497 g/mol. The second-order valence-electron chi connectivity index (χ2n) is 6.53. The van der Waals surface area contributed by atoms with E-state index >= 15 is 0 Å². The number of rotatable bonds is 8. The molecule has 1 N–H and O–H groups in total. The first-order valence-electron chi connectivity index (χ1n) is 9.55. The van der Waals surface area contributed by atoms with Crippen LogP contribution in [0.2, 0.25) is 0 Å². The third-order valence-electron chi connectivity index (χ3n) is 4.31. The van der Waals surface area contributed by atoms with Crippen molar-refractivity contribution in [2.45, 2.75) is 33.0 Å². The molecule has 2 heterocycles. The van der Waals surface area contributed by atoms with Crippen LogP contribution in [0.1, 0.15) is 37.2 Å². The van der Waals surface area contributed by atoms with Crippen molar-refractivity contribution in [3.05, 3.63) is 60.0 Å². The second-order valence-corrected chi connectivity index (χ2v) is 6.53. The summed E-state index contributed by atoms with van der Waals surface area (Å²) in [6, 6.07) is 10.0. The van der Waals surface area contributed by atoms with Gasteiger partial charge in [-0.05, 0) is 26.0 Å². The molecule has 0 saturated heterocycles. The highest BCUT2D eigenvalue weighted by atomic mass is 127. The maximum absolute atomic E-state index is 5.48. The zero-order chi connectivity index (χ0) is 20.6. The first kappa shape index (κ1) is 23.8. The molecule has 2 aromatic heterocycles. The van der Waals surface area contributed by atoms with E-state index in [0.29, 0.717) is 31.4 Å². The normalized spacial score (nSPS) is 12.3. The number of aromatic nitrogens is 4. The topological polar surface area (TPSA) is 93.6 Å². The molecular formula is C20H28IN7O2. The third-order valence-corrected chi connectivity index (χ3v) is 4.31. The molecule has 1 atom stereocenters. The van der Waals surface area contributed by atoms with E-state index in [4.69, 9.17) is 9.26 Å². The molecule has 0 radical (unpaired) electrons. The van der Waals surface area contributed by atoms with Crippen LogP contribution in [0, 0.1) is 0 Å². The number of halogens is 1. The zero-order valence-electron chi connectivity index (χ0n) is 17.6. The van der Waals surface area contributed by atoms with E-state index in [1.807, 2.05) is 73.2 Å². The molecule has 0 fully saturated rings. The molecule has 1 unspecified atom stereocenters. The Bertz CT molecular complexity index is 926. The molecule has 0 spiro atoms. The summed E-state index contributed by atoms with van der Waals surface area (Å²) in [7, 11) is 3.70. The summed E-state index contributed by atoms with van der Waals surface area (Å²) >= 11 is 0. The van der Waals surface area contributed by atoms with Gasteiger partial charge in [-0.1, -0.05) is 23.4 Å². The summed E-state index contributed by atoms with van der Waals surface area (Å²) in [5.74, 6) is 1.74. The van der Waals surface area contributed by atoms with Gasteiger partial charge in [0, 0.05) is 39.0 Å². The van der Waals surface area contributed by atoms with Gasteiger partial charge in [0.25, 0.3) is 0 Å². The molecule has 162 valence electrons. The van der Waals surface area contributed by atoms with E-state index in [-0.39, 0.29) is 30.1 Å². The molecule has 0 saturated carbocycles. The first-order chi connectivity index (χ1) is 14.1. The molecule has 0 amide bonds. The number of ether oxygens (including phenoxy) is 1. The molecule has 1 aromatic carbocycles. The fourth-order valence-electron chi connectivity index (χ4n) is 2.88. The SMILES string of the molecule is CCOC(C)c1noc(CNC(=NC)N(C)Cc2cnn(-c3ccccc3)c2)n1.I. The van der Waals surface area contributed by atoms with E-state index in [2.05, 4.69) is 25.5 Å². The van der Waals surface area contributed by atoms with Gasteiger partial charge in [-0.3, -0.25) is 4.99 Å². The quantitative estimate of drug-likeness (QED) is 0.274. The van der Waals surface area contributed by atoms with Crippen molar-refractivity contribution in [3.8, 4) is 5.69 Å². The van der Waals surface area contributed by atoms with Crippen molar-refractivity contribution < 1.29 is 9.26 Å². The van der Waals surface area contributed by atoms with Crippen molar-refractivity contribution in [1.82, 2.24) is 30.1 Å². The van der Waals surface area contributed by atoms with E-state index in [1.54, 1.807) is 7.05 Å². The minimum atomic E-state index is -0.194. The molecule has 9 nitrogen and oxygen atoms in total. The molecule has 30 heavy (non-hydrogen) atoms. The Hall–Kier alpha value is -2.47. The summed E-state index contributed by atoms with van der Waals surface area (Å²) < 4.78 is 12.6. The number of nitrogens with one attached hydrogen (secondary N) is 1. The zero-order valence-corrected chi connectivity index (χ0v) is 20.0. The van der Waals surface area contributed by atoms with Crippen LogP contribution in [0.4, 0.5) is 0 Å². The largest absolute Gasteiger partial charge is 0.371 e. The van der Waals surface area contributed by atoms with Gasteiger partial charge in [-0.2, -0.15) is 10.1 Å². The Kier molecular flexibility index (Phi) is 9.24.